The average molecular weight is 203 g/mol. The lowest BCUT2D eigenvalue weighted by Gasteiger charge is -2.24. The van der Waals surface area contributed by atoms with Crippen molar-refractivity contribution in [2.45, 2.75) is 44.1 Å². The molecule has 1 rings (SSSR count). The number of nitrogens with zero attached hydrogens (tertiary/aromatic N) is 1. The molecule has 2 atom stereocenters. The Labute approximate surface area is 83.8 Å². The number of hydrogen-bond acceptors (Lipinski definition) is 3. The normalized spacial score (nSPS) is 30.6. The molecule has 0 saturated carbocycles. The number of rotatable bonds is 2. The Morgan fingerprint density at radius 2 is 2.17 bits per heavy atom. The van der Waals surface area contributed by atoms with Crippen molar-refractivity contribution in [2.24, 2.45) is 10.9 Å². The molecule has 0 bridgehead atoms. The largest absolute Gasteiger partial charge is 0.269 e. The fourth-order valence-corrected chi connectivity index (χ4v) is 4.18. The van der Waals surface area contributed by atoms with Crippen LogP contribution in [0.1, 0.15) is 34.1 Å². The highest BCUT2D eigenvalue weighted by Crippen LogP contribution is 2.36. The molecule has 1 nitrogen and oxygen atoms in total. The van der Waals surface area contributed by atoms with Gasteiger partial charge in [-0.3, -0.25) is 4.99 Å². The van der Waals surface area contributed by atoms with Gasteiger partial charge in [0.05, 0.1) is 15.0 Å². The SMILES string of the molecule is CC1=NC(CC(C)C)SC(C)S1. The summed E-state index contributed by atoms with van der Waals surface area (Å²) in [6.45, 7) is 8.91. The lowest BCUT2D eigenvalue weighted by molar-refractivity contribution is 0.577. The first-order chi connectivity index (χ1) is 5.58. The molecule has 0 aromatic heterocycles. The van der Waals surface area contributed by atoms with Gasteiger partial charge < -0.3 is 0 Å². The predicted octanol–water partition coefficient (Wildman–Crippen LogP) is 3.60. The van der Waals surface area contributed by atoms with Gasteiger partial charge in [0, 0.05) is 0 Å². The van der Waals surface area contributed by atoms with E-state index in [1.165, 1.54) is 11.5 Å². The van der Waals surface area contributed by atoms with Gasteiger partial charge in [-0.25, -0.2) is 0 Å². The van der Waals surface area contributed by atoms with E-state index in [0.717, 1.165) is 5.92 Å². The Kier molecular flexibility index (Phi) is 3.97. The molecular weight excluding hydrogens is 186 g/mol. The molecule has 0 spiro atoms. The Hall–Kier alpha value is 0.370. The quantitative estimate of drug-likeness (QED) is 0.680. The van der Waals surface area contributed by atoms with E-state index in [4.69, 9.17) is 0 Å². The van der Waals surface area contributed by atoms with E-state index in [1.54, 1.807) is 0 Å². The maximum Gasteiger partial charge on any atom is 0.0974 e. The third-order valence-electron chi connectivity index (χ3n) is 1.68. The van der Waals surface area contributed by atoms with E-state index in [0.29, 0.717) is 9.96 Å². The molecule has 0 radical (unpaired) electrons. The smallest absolute Gasteiger partial charge is 0.0974 e. The van der Waals surface area contributed by atoms with Gasteiger partial charge in [-0.05, 0) is 26.2 Å². The molecular formula is C9H17NS2. The second-order valence-corrected chi connectivity index (χ2v) is 6.91. The van der Waals surface area contributed by atoms with E-state index in [2.05, 4.69) is 32.7 Å². The Morgan fingerprint density at radius 1 is 1.50 bits per heavy atom. The van der Waals surface area contributed by atoms with Gasteiger partial charge in [0.2, 0.25) is 0 Å². The van der Waals surface area contributed by atoms with Crippen molar-refractivity contribution in [3.8, 4) is 0 Å². The summed E-state index contributed by atoms with van der Waals surface area (Å²) in [6, 6.07) is 0. The van der Waals surface area contributed by atoms with Crippen molar-refractivity contribution < 1.29 is 0 Å². The minimum Gasteiger partial charge on any atom is -0.269 e. The molecule has 0 aromatic carbocycles. The van der Waals surface area contributed by atoms with Crippen LogP contribution in [0.15, 0.2) is 4.99 Å². The van der Waals surface area contributed by atoms with Gasteiger partial charge in [0.25, 0.3) is 0 Å². The summed E-state index contributed by atoms with van der Waals surface area (Å²) < 4.78 is 0.686. The molecule has 0 amide bonds. The standard InChI is InChI=1S/C9H17NS2/c1-6(2)5-9-10-7(3)11-8(4)12-9/h6,8-9H,5H2,1-4H3. The Bertz CT molecular complexity index is 177. The van der Waals surface area contributed by atoms with Crippen molar-refractivity contribution in [3.05, 3.63) is 0 Å². The van der Waals surface area contributed by atoms with Crippen LogP contribution in [-0.2, 0) is 0 Å². The van der Waals surface area contributed by atoms with E-state index in [-0.39, 0.29) is 0 Å². The summed E-state index contributed by atoms with van der Waals surface area (Å²) in [7, 11) is 0. The molecule has 2 unspecified atom stereocenters. The zero-order valence-electron chi connectivity index (χ0n) is 8.20. The molecule has 0 aliphatic carbocycles. The maximum absolute atomic E-state index is 4.62. The van der Waals surface area contributed by atoms with Crippen molar-refractivity contribution in [3.63, 3.8) is 0 Å². The minimum absolute atomic E-state index is 0.515. The van der Waals surface area contributed by atoms with Gasteiger partial charge in [-0.1, -0.05) is 25.6 Å². The van der Waals surface area contributed by atoms with E-state index < -0.39 is 0 Å². The highest BCUT2D eigenvalue weighted by Gasteiger charge is 2.20. The van der Waals surface area contributed by atoms with Crippen LogP contribution in [0.5, 0.6) is 0 Å². The Morgan fingerprint density at radius 3 is 2.67 bits per heavy atom. The first-order valence-electron chi connectivity index (χ1n) is 4.44. The van der Waals surface area contributed by atoms with Gasteiger partial charge in [0.15, 0.2) is 0 Å². The molecule has 70 valence electrons. The molecule has 3 heteroatoms. The van der Waals surface area contributed by atoms with Crippen molar-refractivity contribution in [1.82, 2.24) is 0 Å². The molecule has 1 aliphatic heterocycles. The van der Waals surface area contributed by atoms with Gasteiger partial charge in [-0.2, -0.15) is 0 Å². The monoisotopic (exact) mass is 203 g/mol. The summed E-state index contributed by atoms with van der Waals surface area (Å²) >= 11 is 3.88. The molecule has 0 aromatic rings. The van der Waals surface area contributed by atoms with Crippen molar-refractivity contribution in [2.75, 3.05) is 0 Å². The predicted molar refractivity (Wildman–Crippen MR) is 61.0 cm³/mol. The topological polar surface area (TPSA) is 12.4 Å². The van der Waals surface area contributed by atoms with Gasteiger partial charge in [0.1, 0.15) is 0 Å². The lowest BCUT2D eigenvalue weighted by Crippen LogP contribution is -2.14. The van der Waals surface area contributed by atoms with E-state index in [1.807, 2.05) is 23.5 Å². The van der Waals surface area contributed by atoms with Crippen molar-refractivity contribution in [1.29, 1.82) is 0 Å². The second kappa shape index (κ2) is 4.56. The summed E-state index contributed by atoms with van der Waals surface area (Å²) in [6.07, 6.45) is 1.22. The summed E-state index contributed by atoms with van der Waals surface area (Å²) in [4.78, 5) is 4.62. The van der Waals surface area contributed by atoms with Crippen LogP contribution in [-0.4, -0.2) is 15.0 Å². The minimum atomic E-state index is 0.515. The zero-order valence-corrected chi connectivity index (χ0v) is 9.84. The highest BCUT2D eigenvalue weighted by molar-refractivity contribution is 8.25. The summed E-state index contributed by atoms with van der Waals surface area (Å²) in [5, 5.41) is 1.77. The van der Waals surface area contributed by atoms with Crippen LogP contribution in [0.25, 0.3) is 0 Å². The van der Waals surface area contributed by atoms with Crippen LogP contribution >= 0.6 is 23.5 Å². The third kappa shape index (κ3) is 3.40. The summed E-state index contributed by atoms with van der Waals surface area (Å²) in [5.74, 6) is 0.759. The molecule has 12 heavy (non-hydrogen) atoms. The highest BCUT2D eigenvalue weighted by atomic mass is 32.2. The molecule has 0 fully saturated rings. The molecule has 1 heterocycles. The van der Waals surface area contributed by atoms with Gasteiger partial charge >= 0.3 is 0 Å². The fourth-order valence-electron chi connectivity index (χ4n) is 1.26. The molecule has 0 saturated heterocycles. The first-order valence-corrected chi connectivity index (χ1v) is 6.26. The van der Waals surface area contributed by atoms with Crippen LogP contribution in [0.2, 0.25) is 0 Å². The maximum atomic E-state index is 4.62. The van der Waals surface area contributed by atoms with Crippen LogP contribution in [0.3, 0.4) is 0 Å². The summed E-state index contributed by atoms with van der Waals surface area (Å²) in [5.41, 5.74) is 0. The fraction of sp³-hybridized carbons (Fsp3) is 0.889. The number of aliphatic imine (C=N–C) groups is 1. The zero-order chi connectivity index (χ0) is 9.14. The second-order valence-electron chi connectivity index (χ2n) is 3.55. The van der Waals surface area contributed by atoms with Crippen LogP contribution in [0.4, 0.5) is 0 Å². The first kappa shape index (κ1) is 10.5. The lowest BCUT2D eigenvalue weighted by atomic mass is 10.1. The number of thioether (sulfide) groups is 2. The molecule has 1 aliphatic rings. The van der Waals surface area contributed by atoms with E-state index in [9.17, 15) is 0 Å². The number of hydrogen-bond donors (Lipinski definition) is 0. The third-order valence-corrected chi connectivity index (χ3v) is 4.08. The van der Waals surface area contributed by atoms with E-state index >= 15 is 0 Å². The van der Waals surface area contributed by atoms with Crippen LogP contribution < -0.4 is 0 Å². The van der Waals surface area contributed by atoms with Crippen LogP contribution in [0, 0.1) is 5.92 Å². The van der Waals surface area contributed by atoms with Gasteiger partial charge in [-0.15, -0.1) is 11.8 Å². The molecule has 0 N–H and O–H groups in total. The average Bonchev–Trinajstić information content (AvgIpc) is 1.81. The Balaban J connectivity index is 2.49. The van der Waals surface area contributed by atoms with Crippen molar-refractivity contribution >= 4 is 28.6 Å².